The van der Waals surface area contributed by atoms with Crippen molar-refractivity contribution in [1.82, 2.24) is 14.5 Å². The number of carbonyl (C=O) groups is 1. The maximum absolute atomic E-state index is 14.2. The molecule has 1 saturated carbocycles. The van der Waals surface area contributed by atoms with E-state index in [9.17, 15) is 27.9 Å². The zero-order valence-corrected chi connectivity index (χ0v) is 22.5. The second-order valence-electron chi connectivity index (χ2n) is 11.3. The Bertz CT molecular complexity index is 1560. The van der Waals surface area contributed by atoms with Crippen molar-refractivity contribution in [1.29, 1.82) is 0 Å². The van der Waals surface area contributed by atoms with Crippen LogP contribution in [0.2, 0.25) is 5.02 Å². The van der Waals surface area contributed by atoms with Gasteiger partial charge in [-0.05, 0) is 75.5 Å². The van der Waals surface area contributed by atoms with Gasteiger partial charge in [-0.1, -0.05) is 11.6 Å². The molecule has 2 aromatic carbocycles. The number of benzene rings is 2. The van der Waals surface area contributed by atoms with Gasteiger partial charge in [0.2, 0.25) is 5.91 Å². The molecule has 0 bridgehead atoms. The first-order chi connectivity index (χ1) is 18.9. The molecule has 0 unspecified atom stereocenters. The Morgan fingerprint density at radius 2 is 1.90 bits per heavy atom. The quantitative estimate of drug-likeness (QED) is 0.464. The lowest BCUT2D eigenvalue weighted by atomic mass is 9.73. The lowest BCUT2D eigenvalue weighted by Crippen LogP contribution is -2.47. The molecule has 2 fully saturated rings. The van der Waals surface area contributed by atoms with Gasteiger partial charge in [-0.25, -0.2) is 4.98 Å². The molecule has 3 aliphatic rings. The second kappa shape index (κ2) is 9.46. The fraction of sp³-hybridized carbons (Fsp3) is 0.464. The van der Waals surface area contributed by atoms with E-state index in [4.69, 9.17) is 16.3 Å². The number of amides is 1. The van der Waals surface area contributed by atoms with Gasteiger partial charge in [0, 0.05) is 29.4 Å². The predicted octanol–water partition coefficient (Wildman–Crippen LogP) is 4.52. The van der Waals surface area contributed by atoms with Gasteiger partial charge in [0.1, 0.15) is 12.4 Å². The second-order valence-corrected chi connectivity index (χ2v) is 11.7. The summed E-state index contributed by atoms with van der Waals surface area (Å²) in [5.41, 5.74) is -1.90. The molecule has 1 amide bonds. The number of anilines is 1. The molecule has 8 nitrogen and oxygen atoms in total. The predicted molar refractivity (Wildman–Crippen MR) is 143 cm³/mol. The van der Waals surface area contributed by atoms with Gasteiger partial charge in [-0.3, -0.25) is 14.5 Å². The molecule has 2 aliphatic heterocycles. The van der Waals surface area contributed by atoms with Crippen LogP contribution >= 0.6 is 11.6 Å². The van der Waals surface area contributed by atoms with E-state index >= 15 is 0 Å². The molecule has 1 saturated heterocycles. The molecule has 1 spiro atoms. The summed E-state index contributed by atoms with van der Waals surface area (Å²) in [6.07, 6.45) is -2.19. The number of piperidine rings is 1. The number of halogens is 4. The highest BCUT2D eigenvalue weighted by molar-refractivity contribution is 6.31. The van der Waals surface area contributed by atoms with Crippen LogP contribution in [-0.4, -0.2) is 57.3 Å². The van der Waals surface area contributed by atoms with E-state index in [0.717, 1.165) is 28.1 Å². The average Bonchev–Trinajstić information content (AvgIpc) is 3.13. The smallest absolute Gasteiger partial charge is 0.418 e. The molecule has 1 aromatic heterocycles. The highest BCUT2D eigenvalue weighted by Gasteiger charge is 2.48. The third-order valence-corrected chi connectivity index (χ3v) is 8.68. The number of hydrogen-bond acceptors (Lipinski definition) is 6. The lowest BCUT2D eigenvalue weighted by molar-refractivity contribution is -0.136. The van der Waals surface area contributed by atoms with E-state index in [1.807, 2.05) is 12.1 Å². The monoisotopic (exact) mass is 576 g/mol. The fourth-order valence-corrected chi connectivity index (χ4v) is 6.55. The fourth-order valence-electron chi connectivity index (χ4n) is 6.38. The van der Waals surface area contributed by atoms with Crippen LogP contribution < -0.4 is 15.6 Å². The van der Waals surface area contributed by atoms with E-state index in [1.165, 1.54) is 6.07 Å². The van der Waals surface area contributed by atoms with Gasteiger partial charge in [-0.2, -0.15) is 13.2 Å². The largest absolute Gasteiger partial charge is 0.492 e. The molecule has 0 radical (unpaired) electrons. The summed E-state index contributed by atoms with van der Waals surface area (Å²) in [4.78, 5) is 31.5. The van der Waals surface area contributed by atoms with Crippen molar-refractivity contribution in [3.05, 3.63) is 63.0 Å². The molecule has 12 heteroatoms. The van der Waals surface area contributed by atoms with Crippen molar-refractivity contribution in [2.24, 2.45) is 0 Å². The van der Waals surface area contributed by atoms with E-state index in [2.05, 4.69) is 15.2 Å². The van der Waals surface area contributed by atoms with Crippen molar-refractivity contribution in [3.63, 3.8) is 0 Å². The summed E-state index contributed by atoms with van der Waals surface area (Å²) < 4.78 is 49.4. The van der Waals surface area contributed by atoms with Gasteiger partial charge in [-0.15, -0.1) is 0 Å². The van der Waals surface area contributed by atoms with Gasteiger partial charge >= 0.3 is 6.18 Å². The first-order valence-electron chi connectivity index (χ1n) is 13.2. The van der Waals surface area contributed by atoms with Gasteiger partial charge in [0.05, 0.1) is 33.8 Å². The van der Waals surface area contributed by atoms with Crippen molar-refractivity contribution in [2.45, 2.75) is 55.8 Å². The van der Waals surface area contributed by atoms with E-state index in [-0.39, 0.29) is 42.1 Å². The SMILES string of the molecule is C[C@]1(O)C[C@@H](n2c(=O)cnc3cc(OCCN4CCC5(CC4)C(=O)Nc4ccc(Cl)cc45)cc(C(F)(F)F)c32)C1. The maximum atomic E-state index is 14.2. The van der Waals surface area contributed by atoms with Crippen LogP contribution in [0.4, 0.5) is 18.9 Å². The standard InChI is InChI=1S/C28H28ClF3N4O4/c1-26(39)13-17(14-26)36-23(37)15-33-22-12-18(11-20(24(22)36)28(30,31)32)40-9-8-35-6-4-27(5-7-35)19-10-16(29)2-3-21(19)34-25(27)38/h2-3,10-12,15,17,39H,4-9,13-14H2,1H3,(H,34,38)/t17-,26+. The number of aliphatic hydroxyl groups is 1. The summed E-state index contributed by atoms with van der Waals surface area (Å²) in [7, 11) is 0. The summed E-state index contributed by atoms with van der Waals surface area (Å²) in [6, 6.07) is 7.17. The minimum absolute atomic E-state index is 0.000420. The number of fused-ring (bicyclic) bond motifs is 3. The number of carbonyl (C=O) groups excluding carboxylic acids is 1. The normalized spacial score (nSPS) is 24.1. The van der Waals surface area contributed by atoms with Crippen molar-refractivity contribution >= 4 is 34.2 Å². The molecule has 3 aromatic rings. The van der Waals surface area contributed by atoms with Crippen LogP contribution in [0.15, 0.2) is 41.3 Å². The average molecular weight is 577 g/mol. The Morgan fingerprint density at radius 3 is 2.58 bits per heavy atom. The summed E-state index contributed by atoms with van der Waals surface area (Å²) in [5.74, 6) is -0.0293. The molecule has 2 N–H and O–H groups in total. The molecule has 1 aliphatic carbocycles. The third-order valence-electron chi connectivity index (χ3n) is 8.44. The first-order valence-corrected chi connectivity index (χ1v) is 13.6. The highest BCUT2D eigenvalue weighted by Crippen LogP contribution is 2.46. The Hall–Kier alpha value is -3.15. The number of aromatic nitrogens is 2. The van der Waals surface area contributed by atoms with Crippen LogP contribution in [0.1, 0.15) is 49.8 Å². The number of hydrogen-bond donors (Lipinski definition) is 2. The van der Waals surface area contributed by atoms with Crippen molar-refractivity contribution in [3.8, 4) is 5.75 Å². The first kappa shape index (κ1) is 27.0. The molecular formula is C28H28ClF3N4O4. The number of likely N-dealkylation sites (tertiary alicyclic amines) is 1. The third kappa shape index (κ3) is 4.63. The minimum atomic E-state index is -4.75. The molecule has 6 rings (SSSR count). The number of nitrogens with one attached hydrogen (secondary N) is 1. The molecule has 212 valence electrons. The van der Waals surface area contributed by atoms with Gasteiger partial charge < -0.3 is 19.7 Å². The molecule has 3 heterocycles. The molecule has 0 atom stereocenters. The van der Waals surface area contributed by atoms with Crippen molar-refractivity contribution < 1.29 is 27.8 Å². The maximum Gasteiger partial charge on any atom is 0.418 e. The van der Waals surface area contributed by atoms with Crippen LogP contribution in [0.3, 0.4) is 0 Å². The molecule has 40 heavy (non-hydrogen) atoms. The van der Waals surface area contributed by atoms with Crippen LogP contribution in [0, 0.1) is 0 Å². The minimum Gasteiger partial charge on any atom is -0.492 e. The molecular weight excluding hydrogens is 549 g/mol. The number of rotatable bonds is 5. The Kier molecular flexibility index (Phi) is 6.39. The van der Waals surface area contributed by atoms with Crippen LogP contribution in [0.5, 0.6) is 5.75 Å². The van der Waals surface area contributed by atoms with Crippen LogP contribution in [-0.2, 0) is 16.4 Å². The van der Waals surface area contributed by atoms with Crippen LogP contribution in [0.25, 0.3) is 11.0 Å². The van der Waals surface area contributed by atoms with E-state index in [1.54, 1.807) is 13.0 Å². The lowest BCUT2D eigenvalue weighted by Gasteiger charge is -2.42. The zero-order chi connectivity index (χ0) is 28.4. The zero-order valence-electron chi connectivity index (χ0n) is 21.7. The number of nitrogens with zero attached hydrogens (tertiary/aromatic N) is 3. The number of ether oxygens (including phenoxy) is 1. The van der Waals surface area contributed by atoms with E-state index < -0.39 is 34.4 Å². The Morgan fingerprint density at radius 1 is 1.18 bits per heavy atom. The highest BCUT2D eigenvalue weighted by atomic mass is 35.5. The summed E-state index contributed by atoms with van der Waals surface area (Å²) in [6.45, 7) is 3.42. The topological polar surface area (TPSA) is 96.7 Å². The van der Waals surface area contributed by atoms with Gasteiger partial charge in [0.15, 0.2) is 0 Å². The van der Waals surface area contributed by atoms with Gasteiger partial charge in [0.25, 0.3) is 5.56 Å². The Balaban J connectivity index is 1.17. The Labute approximate surface area is 232 Å². The van der Waals surface area contributed by atoms with Crippen molar-refractivity contribution in [2.75, 3.05) is 31.6 Å². The number of alkyl halides is 3. The summed E-state index contributed by atoms with van der Waals surface area (Å²) in [5, 5.41) is 13.6. The summed E-state index contributed by atoms with van der Waals surface area (Å²) >= 11 is 6.19. The van der Waals surface area contributed by atoms with E-state index in [0.29, 0.717) is 37.5 Å².